The maximum atomic E-state index is 4.66. The van der Waals surface area contributed by atoms with Crippen molar-refractivity contribution in [3.8, 4) is 0 Å². The molecule has 0 amide bonds. The summed E-state index contributed by atoms with van der Waals surface area (Å²) >= 11 is 3.63. The van der Waals surface area contributed by atoms with Gasteiger partial charge in [0, 0.05) is 35.9 Å². The van der Waals surface area contributed by atoms with Crippen molar-refractivity contribution in [3.05, 3.63) is 22.0 Å². The summed E-state index contributed by atoms with van der Waals surface area (Å²) in [6.45, 7) is 7.19. The van der Waals surface area contributed by atoms with E-state index in [0.29, 0.717) is 0 Å². The standard InChI is InChI=1S/C15H26BrN5/c1-5-21-10-12(16)9-13-11(2)18-15(19-14(13)21)17-7-6-8-20(3)4/h10,14H,5-9H2,1-4H3,(H2,17,18,19). The Balaban J connectivity index is 2.04. The van der Waals surface area contributed by atoms with Crippen molar-refractivity contribution in [2.24, 2.45) is 4.99 Å². The molecule has 0 aromatic carbocycles. The molecule has 0 aromatic rings. The van der Waals surface area contributed by atoms with Gasteiger partial charge in [-0.2, -0.15) is 0 Å². The molecule has 2 heterocycles. The quantitative estimate of drug-likeness (QED) is 0.740. The van der Waals surface area contributed by atoms with Crippen LogP contribution in [0.3, 0.4) is 0 Å². The number of aliphatic imine (C=N–C) groups is 1. The molecule has 0 bridgehead atoms. The molecule has 5 nitrogen and oxygen atoms in total. The fraction of sp³-hybridized carbons (Fsp3) is 0.667. The van der Waals surface area contributed by atoms with Crippen molar-refractivity contribution >= 4 is 21.9 Å². The highest BCUT2D eigenvalue weighted by Crippen LogP contribution is 2.30. The Morgan fingerprint density at radius 3 is 2.90 bits per heavy atom. The molecule has 0 saturated carbocycles. The minimum atomic E-state index is 0.227. The molecular weight excluding hydrogens is 330 g/mol. The number of nitrogens with one attached hydrogen (secondary N) is 2. The molecular formula is C15H26BrN5. The first-order valence-corrected chi connectivity index (χ1v) is 8.35. The van der Waals surface area contributed by atoms with Crippen LogP contribution in [0.4, 0.5) is 0 Å². The van der Waals surface area contributed by atoms with Crippen LogP contribution < -0.4 is 10.6 Å². The maximum Gasteiger partial charge on any atom is 0.197 e. The molecule has 0 fully saturated rings. The number of hydrogen-bond acceptors (Lipinski definition) is 3. The van der Waals surface area contributed by atoms with Gasteiger partial charge in [-0.05, 0) is 46.5 Å². The Morgan fingerprint density at radius 2 is 2.24 bits per heavy atom. The number of guanidine groups is 1. The van der Waals surface area contributed by atoms with Crippen molar-refractivity contribution in [3.63, 3.8) is 0 Å². The highest BCUT2D eigenvalue weighted by molar-refractivity contribution is 9.11. The maximum absolute atomic E-state index is 4.66. The molecule has 1 unspecified atom stereocenters. The summed E-state index contributed by atoms with van der Waals surface area (Å²) in [5, 5.41) is 6.92. The predicted molar refractivity (Wildman–Crippen MR) is 92.2 cm³/mol. The van der Waals surface area contributed by atoms with E-state index in [0.717, 1.165) is 38.4 Å². The van der Waals surface area contributed by atoms with E-state index in [1.54, 1.807) is 0 Å². The molecule has 2 aliphatic rings. The fourth-order valence-corrected chi connectivity index (χ4v) is 3.21. The summed E-state index contributed by atoms with van der Waals surface area (Å²) in [7, 11) is 4.18. The zero-order valence-corrected chi connectivity index (χ0v) is 15.0. The summed E-state index contributed by atoms with van der Waals surface area (Å²) < 4.78 is 1.23. The zero-order chi connectivity index (χ0) is 15.4. The first-order chi connectivity index (χ1) is 10.0. The Bertz CT molecular complexity index is 467. The van der Waals surface area contributed by atoms with E-state index >= 15 is 0 Å². The molecule has 0 spiro atoms. The molecule has 1 atom stereocenters. The van der Waals surface area contributed by atoms with E-state index in [1.165, 1.54) is 15.8 Å². The predicted octanol–water partition coefficient (Wildman–Crippen LogP) is 2.05. The van der Waals surface area contributed by atoms with E-state index in [1.807, 2.05) is 0 Å². The van der Waals surface area contributed by atoms with Crippen LogP contribution in [-0.2, 0) is 0 Å². The van der Waals surface area contributed by atoms with Gasteiger partial charge >= 0.3 is 0 Å². The Morgan fingerprint density at radius 1 is 1.48 bits per heavy atom. The van der Waals surface area contributed by atoms with Gasteiger partial charge in [0.2, 0.25) is 0 Å². The summed E-state index contributed by atoms with van der Waals surface area (Å²) in [4.78, 5) is 9.15. The van der Waals surface area contributed by atoms with E-state index < -0.39 is 0 Å². The van der Waals surface area contributed by atoms with Crippen molar-refractivity contribution < 1.29 is 0 Å². The molecule has 2 rings (SSSR count). The van der Waals surface area contributed by atoms with Crippen molar-refractivity contribution in [1.29, 1.82) is 0 Å². The van der Waals surface area contributed by atoms with Crippen molar-refractivity contribution in [2.45, 2.75) is 32.9 Å². The topological polar surface area (TPSA) is 42.9 Å². The third-order valence-electron chi connectivity index (χ3n) is 3.79. The summed E-state index contributed by atoms with van der Waals surface area (Å²) in [6, 6.07) is 0. The number of fused-ring (bicyclic) bond motifs is 1. The number of nitrogens with zero attached hydrogens (tertiary/aromatic N) is 3. The van der Waals surface area contributed by atoms with Gasteiger partial charge in [0.1, 0.15) is 6.17 Å². The van der Waals surface area contributed by atoms with Gasteiger partial charge in [-0.1, -0.05) is 15.9 Å². The fourth-order valence-electron chi connectivity index (χ4n) is 2.65. The minimum absolute atomic E-state index is 0.227. The van der Waals surface area contributed by atoms with Gasteiger partial charge in [0.25, 0.3) is 0 Å². The second-order valence-electron chi connectivity index (χ2n) is 5.79. The molecule has 0 aromatic heterocycles. The van der Waals surface area contributed by atoms with Crippen LogP contribution in [0.1, 0.15) is 26.7 Å². The smallest absolute Gasteiger partial charge is 0.197 e. The van der Waals surface area contributed by atoms with Crippen LogP contribution in [-0.4, -0.2) is 55.7 Å². The molecule has 0 saturated heterocycles. The highest BCUT2D eigenvalue weighted by Gasteiger charge is 2.30. The van der Waals surface area contributed by atoms with Gasteiger partial charge in [-0.25, -0.2) is 0 Å². The number of rotatable bonds is 5. The summed E-state index contributed by atoms with van der Waals surface area (Å²) in [6.07, 6.45) is 4.44. The average Bonchev–Trinajstić information content (AvgIpc) is 2.43. The first kappa shape index (κ1) is 16.4. The van der Waals surface area contributed by atoms with E-state index in [9.17, 15) is 0 Å². The van der Waals surface area contributed by atoms with Crippen molar-refractivity contribution in [1.82, 2.24) is 20.4 Å². The third kappa shape index (κ3) is 4.23. The Hall–Kier alpha value is -1.01. The van der Waals surface area contributed by atoms with Crippen LogP contribution in [0.2, 0.25) is 0 Å². The van der Waals surface area contributed by atoms with Crippen LogP contribution in [0, 0.1) is 0 Å². The lowest BCUT2D eigenvalue weighted by atomic mass is 10.0. The van der Waals surface area contributed by atoms with E-state index in [2.05, 4.69) is 75.5 Å². The van der Waals surface area contributed by atoms with Crippen molar-refractivity contribution in [2.75, 3.05) is 33.7 Å². The van der Waals surface area contributed by atoms with Gasteiger partial charge in [-0.3, -0.25) is 4.99 Å². The first-order valence-electron chi connectivity index (χ1n) is 7.55. The zero-order valence-electron chi connectivity index (χ0n) is 13.4. The molecule has 2 aliphatic heterocycles. The van der Waals surface area contributed by atoms with Gasteiger partial charge in [0.15, 0.2) is 5.96 Å². The molecule has 2 N–H and O–H groups in total. The van der Waals surface area contributed by atoms with Gasteiger partial charge < -0.3 is 20.4 Å². The Kier molecular flexibility index (Phi) is 5.70. The normalized spacial score (nSPS) is 23.9. The molecule has 21 heavy (non-hydrogen) atoms. The lowest BCUT2D eigenvalue weighted by molar-refractivity contribution is 0.282. The van der Waals surface area contributed by atoms with Crippen LogP contribution in [0.15, 0.2) is 26.9 Å². The number of halogens is 1. The summed E-state index contributed by atoms with van der Waals surface area (Å²) in [5.41, 5.74) is 2.60. The molecule has 0 radical (unpaired) electrons. The lowest BCUT2D eigenvalue weighted by Crippen LogP contribution is -2.56. The van der Waals surface area contributed by atoms with Gasteiger partial charge in [-0.15, -0.1) is 0 Å². The largest absolute Gasteiger partial charge is 0.353 e. The highest BCUT2D eigenvalue weighted by atomic mass is 79.9. The lowest BCUT2D eigenvalue weighted by Gasteiger charge is -2.41. The minimum Gasteiger partial charge on any atom is -0.353 e. The van der Waals surface area contributed by atoms with E-state index in [4.69, 9.17) is 0 Å². The number of hydrogen-bond donors (Lipinski definition) is 2. The second kappa shape index (κ2) is 7.31. The SMILES string of the molecule is CCN1C=C(Br)CC2=C(C)NC(=NCCCN(C)C)NC21. The number of likely N-dealkylation sites (N-methyl/N-ethyl adjacent to an activating group) is 1. The monoisotopic (exact) mass is 355 g/mol. The average molecular weight is 356 g/mol. The van der Waals surface area contributed by atoms with Crippen LogP contribution >= 0.6 is 15.9 Å². The molecule has 6 heteroatoms. The Labute approximate surface area is 136 Å². The van der Waals surface area contributed by atoms with Crippen LogP contribution in [0.5, 0.6) is 0 Å². The molecule has 118 valence electrons. The van der Waals surface area contributed by atoms with Crippen LogP contribution in [0.25, 0.3) is 0 Å². The third-order valence-corrected chi connectivity index (χ3v) is 4.27. The summed E-state index contributed by atoms with van der Waals surface area (Å²) in [5.74, 6) is 0.893. The molecule has 0 aliphatic carbocycles. The second-order valence-corrected chi connectivity index (χ2v) is 6.81. The van der Waals surface area contributed by atoms with Gasteiger partial charge in [0.05, 0.1) is 0 Å². The number of allylic oxidation sites excluding steroid dienone is 2. The van der Waals surface area contributed by atoms with E-state index in [-0.39, 0.29) is 6.17 Å².